The molecule has 0 spiro atoms. The Morgan fingerprint density at radius 2 is 1.77 bits per heavy atom. The lowest BCUT2D eigenvalue weighted by Crippen LogP contribution is -2.39. The van der Waals surface area contributed by atoms with Gasteiger partial charge in [-0.3, -0.25) is 4.90 Å². The Morgan fingerprint density at radius 3 is 2.50 bits per heavy atom. The third kappa shape index (κ3) is 2.71. The maximum Gasteiger partial charge on any atom is 0.326 e. The Balaban J connectivity index is 1.88. The molecule has 3 nitrogen and oxygen atoms in total. The molecule has 0 saturated heterocycles. The Morgan fingerprint density at radius 1 is 1.09 bits per heavy atom. The number of nitrogens with one attached hydrogen (secondary N) is 1. The summed E-state index contributed by atoms with van der Waals surface area (Å²) in [6.07, 6.45) is 2.05. The molecule has 0 bridgehead atoms. The van der Waals surface area contributed by atoms with E-state index >= 15 is 0 Å². The highest BCUT2D eigenvalue weighted by Crippen LogP contribution is 2.28. The zero-order valence-corrected chi connectivity index (χ0v) is 13.4. The van der Waals surface area contributed by atoms with Crippen LogP contribution < -0.4 is 10.2 Å². The first-order valence-electron chi connectivity index (χ1n) is 7.80. The van der Waals surface area contributed by atoms with Gasteiger partial charge in [0.2, 0.25) is 0 Å². The van der Waals surface area contributed by atoms with Gasteiger partial charge in [0.1, 0.15) is 0 Å². The summed E-state index contributed by atoms with van der Waals surface area (Å²) in [4.78, 5) is 14.6. The zero-order chi connectivity index (χ0) is 15.7. The van der Waals surface area contributed by atoms with Crippen molar-refractivity contribution >= 4 is 17.4 Å². The fourth-order valence-electron chi connectivity index (χ4n) is 3.30. The van der Waals surface area contributed by atoms with Gasteiger partial charge in [0, 0.05) is 17.9 Å². The van der Waals surface area contributed by atoms with Gasteiger partial charge in [0.25, 0.3) is 0 Å². The molecule has 22 heavy (non-hydrogen) atoms. The second-order valence-electron chi connectivity index (χ2n) is 6.09. The molecule has 1 aliphatic heterocycles. The van der Waals surface area contributed by atoms with Crippen LogP contribution in [0.4, 0.5) is 16.2 Å². The molecule has 2 amide bonds. The van der Waals surface area contributed by atoms with E-state index in [4.69, 9.17) is 0 Å². The van der Waals surface area contributed by atoms with Crippen molar-refractivity contribution in [3.8, 4) is 0 Å². The van der Waals surface area contributed by atoms with Crippen LogP contribution in [0.2, 0.25) is 0 Å². The predicted molar refractivity (Wildman–Crippen MR) is 91.8 cm³/mol. The van der Waals surface area contributed by atoms with E-state index in [2.05, 4.69) is 30.4 Å². The first kappa shape index (κ1) is 14.6. The number of hydrogen-bond acceptors (Lipinski definition) is 1. The molecule has 2 aromatic carbocycles. The third-order valence-electron chi connectivity index (χ3n) is 4.26. The smallest absolute Gasteiger partial charge is 0.307 e. The average Bonchev–Trinajstić information content (AvgIpc) is 2.50. The number of benzene rings is 2. The molecule has 3 rings (SSSR count). The quantitative estimate of drug-likeness (QED) is 0.819. The molecule has 0 aromatic heterocycles. The van der Waals surface area contributed by atoms with Crippen LogP contribution in [0, 0.1) is 20.8 Å². The number of aryl methyl sites for hydroxylation is 4. The summed E-state index contributed by atoms with van der Waals surface area (Å²) < 4.78 is 0. The molecule has 0 unspecified atom stereocenters. The van der Waals surface area contributed by atoms with Crippen LogP contribution in [-0.4, -0.2) is 12.6 Å². The number of anilines is 2. The van der Waals surface area contributed by atoms with E-state index < -0.39 is 0 Å². The molecule has 3 heteroatoms. The molecule has 2 aromatic rings. The Hall–Kier alpha value is -2.29. The molecule has 1 heterocycles. The van der Waals surface area contributed by atoms with Crippen molar-refractivity contribution in [2.24, 2.45) is 0 Å². The third-order valence-corrected chi connectivity index (χ3v) is 4.26. The van der Waals surface area contributed by atoms with Crippen molar-refractivity contribution in [2.45, 2.75) is 33.6 Å². The van der Waals surface area contributed by atoms with Crippen molar-refractivity contribution < 1.29 is 4.79 Å². The van der Waals surface area contributed by atoms with E-state index in [1.54, 1.807) is 0 Å². The zero-order valence-electron chi connectivity index (χ0n) is 13.4. The fourth-order valence-corrected chi connectivity index (χ4v) is 3.30. The van der Waals surface area contributed by atoms with Crippen molar-refractivity contribution in [3.63, 3.8) is 0 Å². The minimum Gasteiger partial charge on any atom is -0.307 e. The van der Waals surface area contributed by atoms with Gasteiger partial charge in [-0.05, 0) is 56.4 Å². The lowest BCUT2D eigenvalue weighted by atomic mass is 10.0. The van der Waals surface area contributed by atoms with E-state index in [1.165, 1.54) is 11.1 Å². The van der Waals surface area contributed by atoms with Crippen molar-refractivity contribution in [1.29, 1.82) is 0 Å². The van der Waals surface area contributed by atoms with Gasteiger partial charge in [-0.2, -0.15) is 0 Å². The van der Waals surface area contributed by atoms with Crippen LogP contribution >= 0.6 is 0 Å². The second-order valence-corrected chi connectivity index (χ2v) is 6.09. The molecule has 114 valence electrons. The largest absolute Gasteiger partial charge is 0.326 e. The lowest BCUT2D eigenvalue weighted by Gasteiger charge is -2.30. The topological polar surface area (TPSA) is 32.3 Å². The maximum absolute atomic E-state index is 12.7. The number of urea groups is 1. The first-order chi connectivity index (χ1) is 10.6. The molecule has 0 atom stereocenters. The van der Waals surface area contributed by atoms with E-state index in [0.717, 1.165) is 41.9 Å². The SMILES string of the molecule is Cc1cc(C)c(NC(=O)N2CCCc3ccccc32)c(C)c1. The fraction of sp³-hybridized carbons (Fsp3) is 0.316. The van der Waals surface area contributed by atoms with Gasteiger partial charge >= 0.3 is 6.03 Å². The molecule has 1 N–H and O–H groups in total. The van der Waals surface area contributed by atoms with Crippen LogP contribution in [0.25, 0.3) is 0 Å². The molecule has 0 radical (unpaired) electrons. The van der Waals surface area contributed by atoms with E-state index in [-0.39, 0.29) is 6.03 Å². The van der Waals surface area contributed by atoms with Crippen molar-refractivity contribution in [2.75, 3.05) is 16.8 Å². The van der Waals surface area contributed by atoms with Crippen molar-refractivity contribution in [3.05, 3.63) is 58.7 Å². The molecular weight excluding hydrogens is 272 g/mol. The molecule has 0 saturated carbocycles. The highest BCUT2D eigenvalue weighted by atomic mass is 16.2. The number of para-hydroxylation sites is 1. The number of amides is 2. The Kier molecular flexibility index (Phi) is 3.88. The lowest BCUT2D eigenvalue weighted by molar-refractivity contribution is 0.256. The summed E-state index contributed by atoms with van der Waals surface area (Å²) in [6.45, 7) is 6.93. The number of carbonyl (C=O) groups excluding carboxylic acids is 1. The van der Waals surface area contributed by atoms with Crippen LogP contribution in [0.15, 0.2) is 36.4 Å². The molecular formula is C19H22N2O. The summed E-state index contributed by atoms with van der Waals surface area (Å²) in [6, 6.07) is 12.3. The van der Waals surface area contributed by atoms with Crippen molar-refractivity contribution in [1.82, 2.24) is 0 Å². The number of nitrogens with zero attached hydrogens (tertiary/aromatic N) is 1. The van der Waals surface area contributed by atoms with Gasteiger partial charge < -0.3 is 5.32 Å². The Labute approximate surface area is 132 Å². The molecule has 0 aliphatic carbocycles. The van der Waals surface area contributed by atoms with Gasteiger partial charge in [-0.15, -0.1) is 0 Å². The summed E-state index contributed by atoms with van der Waals surface area (Å²) in [5.41, 5.74) is 6.65. The Bertz CT molecular complexity index is 698. The minimum atomic E-state index is -0.0396. The summed E-state index contributed by atoms with van der Waals surface area (Å²) in [5.74, 6) is 0. The highest BCUT2D eigenvalue weighted by Gasteiger charge is 2.22. The first-order valence-corrected chi connectivity index (χ1v) is 7.80. The summed E-state index contributed by atoms with van der Waals surface area (Å²) in [5, 5.41) is 3.10. The molecule has 0 fully saturated rings. The number of carbonyl (C=O) groups is 1. The van der Waals surface area contributed by atoms with E-state index in [1.807, 2.05) is 36.9 Å². The normalized spacial score (nSPS) is 13.7. The van der Waals surface area contributed by atoms with Gasteiger partial charge in [0.05, 0.1) is 0 Å². The van der Waals surface area contributed by atoms with Crippen LogP contribution in [-0.2, 0) is 6.42 Å². The average molecular weight is 294 g/mol. The maximum atomic E-state index is 12.7. The number of hydrogen-bond donors (Lipinski definition) is 1. The second kappa shape index (κ2) is 5.84. The minimum absolute atomic E-state index is 0.0396. The van der Waals surface area contributed by atoms with Crippen LogP contribution in [0.3, 0.4) is 0 Å². The predicted octanol–water partition coefficient (Wildman–Crippen LogP) is 4.60. The van der Waals surface area contributed by atoms with Gasteiger partial charge in [-0.25, -0.2) is 4.79 Å². The number of fused-ring (bicyclic) bond motifs is 1. The van der Waals surface area contributed by atoms with Gasteiger partial charge in [-0.1, -0.05) is 35.9 Å². The summed E-state index contributed by atoms with van der Waals surface area (Å²) in [7, 11) is 0. The summed E-state index contributed by atoms with van der Waals surface area (Å²) >= 11 is 0. The van der Waals surface area contributed by atoms with E-state index in [0.29, 0.717) is 0 Å². The van der Waals surface area contributed by atoms with Gasteiger partial charge in [0.15, 0.2) is 0 Å². The number of rotatable bonds is 1. The van der Waals surface area contributed by atoms with Crippen LogP contribution in [0.1, 0.15) is 28.7 Å². The highest BCUT2D eigenvalue weighted by molar-refractivity contribution is 6.03. The molecule has 1 aliphatic rings. The van der Waals surface area contributed by atoms with Crippen LogP contribution in [0.5, 0.6) is 0 Å². The van der Waals surface area contributed by atoms with E-state index in [9.17, 15) is 4.79 Å². The monoisotopic (exact) mass is 294 g/mol. The standard InChI is InChI=1S/C19H22N2O/c1-13-11-14(2)18(15(3)12-13)20-19(22)21-10-6-8-16-7-4-5-9-17(16)21/h4-5,7,9,11-12H,6,8,10H2,1-3H3,(H,20,22).